The molecule has 0 bridgehead atoms. The van der Waals surface area contributed by atoms with Gasteiger partial charge in [-0.25, -0.2) is 10.5 Å². The number of nitrogens with one attached hydrogen (secondary N) is 2. The number of amides is 1. The molecule has 1 saturated heterocycles. The number of halogens is 1. The van der Waals surface area contributed by atoms with Crippen LogP contribution in [0.2, 0.25) is 5.02 Å². The number of H-pyrrole nitrogens is 1. The molecule has 10 heteroatoms. The van der Waals surface area contributed by atoms with Crippen LogP contribution in [0.4, 0.5) is 0 Å². The molecule has 34 heavy (non-hydrogen) atoms. The van der Waals surface area contributed by atoms with Crippen LogP contribution in [0.25, 0.3) is 22.5 Å². The van der Waals surface area contributed by atoms with E-state index >= 15 is 0 Å². The van der Waals surface area contributed by atoms with Gasteiger partial charge in [-0.2, -0.15) is 4.99 Å². The van der Waals surface area contributed by atoms with Crippen molar-refractivity contribution in [1.29, 1.82) is 0 Å². The van der Waals surface area contributed by atoms with Gasteiger partial charge in [0.15, 0.2) is 11.0 Å². The zero-order chi connectivity index (χ0) is 23.5. The first-order chi connectivity index (χ1) is 16.6. The highest BCUT2D eigenvalue weighted by molar-refractivity contribution is 8.14. The van der Waals surface area contributed by atoms with Crippen LogP contribution in [0.15, 0.2) is 77.8 Å². The minimum absolute atomic E-state index is 0.0967. The summed E-state index contributed by atoms with van der Waals surface area (Å²) in [6, 6.07) is 23.2. The first kappa shape index (κ1) is 22.3. The minimum atomic E-state index is -0.358. The van der Waals surface area contributed by atoms with Crippen molar-refractivity contribution in [3.63, 3.8) is 0 Å². The lowest BCUT2D eigenvalue weighted by Gasteiger charge is -2.18. The summed E-state index contributed by atoms with van der Waals surface area (Å²) in [6.45, 7) is 2.58. The van der Waals surface area contributed by atoms with E-state index < -0.39 is 0 Å². The maximum absolute atomic E-state index is 12.7. The standard InChI is InChI=1S/C24H20ClN7OS/c1-15-29-32(24(34-15)26-23(33)20-8-4-5-9-21(20)25)14-16-10-12-17(13-11-16)18-6-2-3-7-19(18)22-27-30-31-28-22/h2-13,15,29H,14H2,1H3,(H,27,28,30,31). The number of thioether (sulfide) groups is 1. The van der Waals surface area contributed by atoms with Gasteiger partial charge < -0.3 is 0 Å². The average Bonchev–Trinajstić information content (AvgIpc) is 3.50. The number of carbonyl (C=O) groups excluding carboxylic acids is 1. The second-order valence-electron chi connectivity index (χ2n) is 7.65. The van der Waals surface area contributed by atoms with Crippen LogP contribution in [-0.2, 0) is 6.54 Å². The highest BCUT2D eigenvalue weighted by Gasteiger charge is 2.26. The smallest absolute Gasteiger partial charge is 0.280 e. The summed E-state index contributed by atoms with van der Waals surface area (Å²) < 4.78 is 0. The molecule has 0 aliphatic carbocycles. The van der Waals surface area contributed by atoms with Crippen molar-refractivity contribution in [3.05, 3.63) is 88.9 Å². The quantitative estimate of drug-likeness (QED) is 0.416. The van der Waals surface area contributed by atoms with Crippen LogP contribution in [0.3, 0.4) is 0 Å². The zero-order valence-corrected chi connectivity index (χ0v) is 19.7. The Hall–Kier alpha value is -3.53. The van der Waals surface area contributed by atoms with Gasteiger partial charge in [-0.05, 0) is 46.2 Å². The van der Waals surface area contributed by atoms with E-state index in [1.54, 1.807) is 24.3 Å². The average molecular weight is 490 g/mol. The van der Waals surface area contributed by atoms with Crippen LogP contribution in [0.5, 0.6) is 0 Å². The predicted molar refractivity (Wildman–Crippen MR) is 134 cm³/mol. The molecule has 1 aliphatic heterocycles. The van der Waals surface area contributed by atoms with Gasteiger partial charge in [0, 0.05) is 5.56 Å². The van der Waals surface area contributed by atoms with E-state index in [1.165, 1.54) is 11.8 Å². The van der Waals surface area contributed by atoms with Gasteiger partial charge in [0.1, 0.15) is 0 Å². The number of hydrogen-bond donors (Lipinski definition) is 2. The number of hydrazine groups is 1. The van der Waals surface area contributed by atoms with Crippen LogP contribution in [0, 0.1) is 0 Å². The van der Waals surface area contributed by atoms with E-state index in [9.17, 15) is 4.79 Å². The molecule has 1 aromatic heterocycles. The lowest BCUT2D eigenvalue weighted by Crippen LogP contribution is -2.36. The largest absolute Gasteiger partial charge is 0.281 e. The first-order valence-corrected chi connectivity index (χ1v) is 11.8. The van der Waals surface area contributed by atoms with Gasteiger partial charge in [-0.15, -0.1) is 5.10 Å². The van der Waals surface area contributed by atoms with Crippen molar-refractivity contribution in [3.8, 4) is 22.5 Å². The Labute approximate surface area is 205 Å². The molecule has 2 N–H and O–H groups in total. The van der Waals surface area contributed by atoms with Crippen LogP contribution in [-0.4, -0.2) is 42.1 Å². The Morgan fingerprint density at radius 2 is 1.79 bits per heavy atom. The summed E-state index contributed by atoms with van der Waals surface area (Å²) >= 11 is 7.67. The molecule has 1 aliphatic rings. The second-order valence-corrected chi connectivity index (χ2v) is 9.36. The fourth-order valence-corrected chi connectivity index (χ4v) is 4.78. The lowest BCUT2D eigenvalue weighted by atomic mass is 9.98. The Kier molecular flexibility index (Phi) is 6.39. The second kappa shape index (κ2) is 9.76. The number of aliphatic imine (C=N–C) groups is 1. The van der Waals surface area contributed by atoms with Crippen molar-refractivity contribution in [2.75, 3.05) is 0 Å². The monoisotopic (exact) mass is 489 g/mol. The molecule has 1 atom stereocenters. The Bertz CT molecular complexity index is 1340. The SMILES string of the molecule is CC1NN(Cc2ccc(-c3ccccc3-c3nnn[nH]3)cc2)C(=NC(=O)c2ccccc2Cl)S1. The maximum Gasteiger partial charge on any atom is 0.280 e. The first-order valence-electron chi connectivity index (χ1n) is 10.6. The van der Waals surface area contributed by atoms with Crippen LogP contribution >= 0.6 is 23.4 Å². The molecule has 0 radical (unpaired) electrons. The lowest BCUT2D eigenvalue weighted by molar-refractivity contribution is 0.100. The van der Waals surface area contributed by atoms with Gasteiger partial charge in [0.2, 0.25) is 0 Å². The Morgan fingerprint density at radius 3 is 2.53 bits per heavy atom. The van der Waals surface area contributed by atoms with Gasteiger partial charge in [0.25, 0.3) is 5.91 Å². The maximum atomic E-state index is 12.7. The topological polar surface area (TPSA) is 99.2 Å². The number of aromatic nitrogens is 4. The van der Waals surface area contributed by atoms with Crippen molar-refractivity contribution in [2.24, 2.45) is 4.99 Å². The fourth-order valence-electron chi connectivity index (χ4n) is 3.69. The van der Waals surface area contributed by atoms with E-state index in [-0.39, 0.29) is 11.3 Å². The molecule has 0 spiro atoms. The molecule has 4 aromatic rings. The molecule has 8 nitrogen and oxygen atoms in total. The number of amidine groups is 1. The van der Waals surface area contributed by atoms with Crippen LogP contribution < -0.4 is 5.43 Å². The molecular weight excluding hydrogens is 470 g/mol. The van der Waals surface area contributed by atoms with Crippen molar-refractivity contribution in [1.82, 2.24) is 31.1 Å². The number of nitrogens with zero attached hydrogens (tertiary/aromatic N) is 5. The zero-order valence-electron chi connectivity index (χ0n) is 18.1. The van der Waals surface area contributed by atoms with Crippen LogP contribution in [0.1, 0.15) is 22.8 Å². The number of aromatic amines is 1. The van der Waals surface area contributed by atoms with E-state index in [4.69, 9.17) is 11.6 Å². The number of carbonyl (C=O) groups is 1. The Balaban J connectivity index is 1.36. The highest BCUT2D eigenvalue weighted by atomic mass is 35.5. The van der Waals surface area contributed by atoms with E-state index in [1.807, 2.05) is 36.2 Å². The summed E-state index contributed by atoms with van der Waals surface area (Å²) in [4.78, 5) is 17.0. The van der Waals surface area contributed by atoms with Crippen molar-refractivity contribution >= 4 is 34.4 Å². The molecule has 5 rings (SSSR count). The summed E-state index contributed by atoms with van der Waals surface area (Å²) in [6.07, 6.45) is 0. The normalized spacial score (nSPS) is 16.8. The molecule has 2 heterocycles. The van der Waals surface area contributed by atoms with Gasteiger partial charge in [-0.3, -0.25) is 9.80 Å². The van der Waals surface area contributed by atoms with Gasteiger partial charge in [0.05, 0.1) is 22.5 Å². The molecule has 3 aromatic carbocycles. The molecule has 0 saturated carbocycles. The summed E-state index contributed by atoms with van der Waals surface area (Å²) in [5.41, 5.74) is 7.83. The molecule has 1 fully saturated rings. The van der Waals surface area contributed by atoms with Crippen molar-refractivity contribution < 1.29 is 4.79 Å². The third-order valence-electron chi connectivity index (χ3n) is 5.29. The van der Waals surface area contributed by atoms with Crippen molar-refractivity contribution in [2.45, 2.75) is 18.8 Å². The van der Waals surface area contributed by atoms with Gasteiger partial charge in [-0.1, -0.05) is 84.0 Å². The molecular formula is C24H20ClN7OS. The third kappa shape index (κ3) is 4.72. The van der Waals surface area contributed by atoms with E-state index in [0.29, 0.717) is 28.1 Å². The molecule has 1 unspecified atom stereocenters. The summed E-state index contributed by atoms with van der Waals surface area (Å²) in [7, 11) is 0. The summed E-state index contributed by atoms with van der Waals surface area (Å²) in [5.74, 6) is 0.263. The molecule has 170 valence electrons. The highest BCUT2D eigenvalue weighted by Crippen LogP contribution is 2.30. The summed E-state index contributed by atoms with van der Waals surface area (Å²) in [5, 5.41) is 17.2. The number of tetrazole rings is 1. The van der Waals surface area contributed by atoms with E-state index in [2.05, 4.69) is 55.3 Å². The van der Waals surface area contributed by atoms with E-state index in [0.717, 1.165) is 22.3 Å². The predicted octanol–water partition coefficient (Wildman–Crippen LogP) is 4.78. The van der Waals surface area contributed by atoms with Gasteiger partial charge >= 0.3 is 0 Å². The fraction of sp³-hybridized carbons (Fsp3) is 0.125. The Morgan fingerprint density at radius 1 is 1.06 bits per heavy atom. The number of rotatable bonds is 5. The number of hydrogen-bond acceptors (Lipinski definition) is 6. The third-order valence-corrected chi connectivity index (χ3v) is 6.60. The number of benzene rings is 3. The molecule has 1 amide bonds. The minimum Gasteiger partial charge on any atom is -0.281 e.